The molecule has 0 unspecified atom stereocenters. The summed E-state index contributed by atoms with van der Waals surface area (Å²) in [6, 6.07) is 13.3. The Hall–Kier alpha value is -4.32. The summed E-state index contributed by atoms with van der Waals surface area (Å²) < 4.78 is 16.6. The van der Waals surface area contributed by atoms with Crippen molar-refractivity contribution in [3.8, 4) is 34.7 Å². The number of rotatable bonds is 7. The molecule has 0 bridgehead atoms. The maximum absolute atomic E-state index is 13.0. The summed E-state index contributed by atoms with van der Waals surface area (Å²) in [5.74, 6) is 2.42. The van der Waals surface area contributed by atoms with Gasteiger partial charge in [-0.2, -0.15) is 10.2 Å². The normalized spacial score (nSPS) is 17.0. The van der Waals surface area contributed by atoms with Gasteiger partial charge < -0.3 is 24.2 Å². The number of ether oxygens (including phenoxy) is 2. The topological polar surface area (TPSA) is 114 Å². The molecular weight excluding hydrogens is 494 g/mol. The van der Waals surface area contributed by atoms with Crippen LogP contribution in [0.25, 0.3) is 22.8 Å². The average molecular weight is 528 g/mol. The minimum Gasteiger partial charge on any atom is -0.501 e. The Labute approximate surface area is 228 Å². The van der Waals surface area contributed by atoms with Crippen molar-refractivity contribution in [2.45, 2.75) is 51.7 Å². The number of aromatic nitrogens is 2. The van der Waals surface area contributed by atoms with Gasteiger partial charge in [-0.3, -0.25) is 0 Å². The van der Waals surface area contributed by atoms with Crippen molar-refractivity contribution in [1.29, 1.82) is 5.26 Å². The quantitative estimate of drug-likeness (QED) is 0.396. The van der Waals surface area contributed by atoms with Gasteiger partial charge in [-0.25, -0.2) is 4.79 Å². The number of allylic oxidation sites excluding steroid dienone is 1. The number of nitrogens with zero attached hydrogens (tertiary/aromatic N) is 4. The molecule has 1 aliphatic carbocycles. The number of carbonyl (C=O) groups excluding carboxylic acids is 1. The molecule has 1 fully saturated rings. The van der Waals surface area contributed by atoms with Gasteiger partial charge in [0.1, 0.15) is 11.8 Å². The third kappa shape index (κ3) is 5.46. The number of amides is 2. The Morgan fingerprint density at radius 3 is 2.74 bits per heavy atom. The van der Waals surface area contributed by atoms with Crippen LogP contribution in [0.3, 0.4) is 0 Å². The lowest BCUT2D eigenvalue weighted by Gasteiger charge is -2.33. The Morgan fingerprint density at radius 1 is 1.23 bits per heavy atom. The molecule has 2 heterocycles. The number of urea groups is 1. The highest BCUT2D eigenvalue weighted by atomic mass is 16.5. The van der Waals surface area contributed by atoms with E-state index in [1.54, 1.807) is 19.2 Å². The molecule has 9 nitrogen and oxygen atoms in total. The van der Waals surface area contributed by atoms with Crippen LogP contribution in [0.2, 0.25) is 0 Å². The van der Waals surface area contributed by atoms with Crippen LogP contribution in [0.4, 0.5) is 4.79 Å². The number of piperidine rings is 1. The van der Waals surface area contributed by atoms with Gasteiger partial charge in [-0.05, 0) is 68.9 Å². The molecule has 0 saturated carbocycles. The van der Waals surface area contributed by atoms with Gasteiger partial charge in [0.25, 0.3) is 5.89 Å². The number of hydrogen-bond acceptors (Lipinski definition) is 7. The van der Waals surface area contributed by atoms with E-state index in [9.17, 15) is 10.1 Å². The summed E-state index contributed by atoms with van der Waals surface area (Å²) in [7, 11) is 1.65. The van der Waals surface area contributed by atoms with E-state index in [-0.39, 0.29) is 18.2 Å². The highest BCUT2D eigenvalue weighted by molar-refractivity contribution is 5.76. The predicted octanol–water partition coefficient (Wildman–Crippen LogP) is 5.63. The second-order valence-electron chi connectivity index (χ2n) is 10.3. The SMILES string of the molecule is C=C(OC)C1CCN(C(=O)N[C@H]2CCc3c(-c4noc(-c5ccc(OC(C)C)c(C#N)c5)n4)cccc32)CC1. The molecule has 39 heavy (non-hydrogen) atoms. The predicted molar refractivity (Wildman–Crippen MR) is 146 cm³/mol. The molecule has 0 radical (unpaired) electrons. The molecule has 1 aromatic heterocycles. The monoisotopic (exact) mass is 527 g/mol. The van der Waals surface area contributed by atoms with Crippen LogP contribution in [0.1, 0.15) is 55.8 Å². The van der Waals surface area contributed by atoms with Crippen LogP contribution in [0.15, 0.2) is 53.3 Å². The van der Waals surface area contributed by atoms with Crippen LogP contribution in [0.5, 0.6) is 5.75 Å². The van der Waals surface area contributed by atoms with E-state index >= 15 is 0 Å². The second-order valence-corrected chi connectivity index (χ2v) is 10.3. The number of nitrogens with one attached hydrogen (secondary N) is 1. The number of nitriles is 1. The van der Waals surface area contributed by atoms with Crippen molar-refractivity contribution >= 4 is 6.03 Å². The standard InChI is InChI=1S/C30H33N5O4/c1-18(2)38-27-11-8-21(16-22(27)17-31)29-33-28(34-39-29)25-7-5-6-24-23(25)9-10-26(24)32-30(36)35-14-12-20(13-15-35)19(3)37-4/h5-8,11,16,18,20,26H,3,9-10,12-15H2,1-2,4H3,(H,32,36)/t26-/m0/s1. The minimum absolute atomic E-state index is 0.0414. The minimum atomic E-state index is -0.0721. The molecule has 1 saturated heterocycles. The maximum atomic E-state index is 13.0. The summed E-state index contributed by atoms with van der Waals surface area (Å²) in [6.45, 7) is 9.16. The molecular formula is C30H33N5O4. The number of benzene rings is 2. The van der Waals surface area contributed by atoms with Crippen molar-refractivity contribution in [3.05, 3.63) is 65.4 Å². The van der Waals surface area contributed by atoms with Crippen molar-refractivity contribution in [1.82, 2.24) is 20.4 Å². The van der Waals surface area contributed by atoms with E-state index in [2.05, 4.69) is 34.2 Å². The first-order valence-corrected chi connectivity index (χ1v) is 13.3. The van der Waals surface area contributed by atoms with E-state index in [0.717, 1.165) is 48.1 Å². The van der Waals surface area contributed by atoms with Crippen LogP contribution >= 0.6 is 0 Å². The first-order valence-electron chi connectivity index (χ1n) is 13.3. The van der Waals surface area contributed by atoms with Crippen molar-refractivity contribution in [2.75, 3.05) is 20.2 Å². The molecule has 0 spiro atoms. The Bertz CT molecular complexity index is 1410. The Balaban J connectivity index is 1.30. The van der Waals surface area contributed by atoms with Crippen molar-refractivity contribution in [2.24, 2.45) is 5.92 Å². The molecule has 202 valence electrons. The zero-order valence-electron chi connectivity index (χ0n) is 22.6. The van der Waals surface area contributed by atoms with Crippen molar-refractivity contribution < 1.29 is 18.8 Å². The molecule has 1 atom stereocenters. The van der Waals surface area contributed by atoms with Gasteiger partial charge in [-0.15, -0.1) is 0 Å². The highest BCUT2D eigenvalue weighted by Crippen LogP contribution is 2.38. The van der Waals surface area contributed by atoms with Crippen LogP contribution in [0, 0.1) is 17.2 Å². The summed E-state index contributed by atoms with van der Waals surface area (Å²) >= 11 is 0. The lowest BCUT2D eigenvalue weighted by atomic mass is 9.95. The smallest absolute Gasteiger partial charge is 0.317 e. The number of fused-ring (bicyclic) bond motifs is 1. The first kappa shape index (κ1) is 26.3. The fourth-order valence-corrected chi connectivity index (χ4v) is 5.38. The van der Waals surface area contributed by atoms with Crippen LogP contribution < -0.4 is 10.1 Å². The Morgan fingerprint density at radius 2 is 2.03 bits per heavy atom. The fraction of sp³-hybridized carbons (Fsp3) is 0.400. The lowest BCUT2D eigenvalue weighted by molar-refractivity contribution is 0.152. The van der Waals surface area contributed by atoms with Gasteiger partial charge in [0.2, 0.25) is 5.82 Å². The largest absolute Gasteiger partial charge is 0.501 e. The maximum Gasteiger partial charge on any atom is 0.317 e. The van der Waals surface area contributed by atoms with E-state index in [0.29, 0.717) is 47.6 Å². The van der Waals surface area contributed by atoms with Gasteiger partial charge in [0, 0.05) is 30.1 Å². The van der Waals surface area contributed by atoms with Crippen molar-refractivity contribution in [3.63, 3.8) is 0 Å². The van der Waals surface area contributed by atoms with Crippen LogP contribution in [-0.2, 0) is 11.2 Å². The number of hydrogen-bond donors (Lipinski definition) is 1. The fourth-order valence-electron chi connectivity index (χ4n) is 5.38. The number of carbonyl (C=O) groups is 1. The summed E-state index contributed by atoms with van der Waals surface area (Å²) in [5.41, 5.74) is 4.14. The molecule has 2 amide bonds. The molecule has 5 rings (SSSR count). The number of likely N-dealkylation sites (tertiary alicyclic amines) is 1. The second kappa shape index (κ2) is 11.2. The molecule has 2 aromatic carbocycles. The third-order valence-electron chi connectivity index (χ3n) is 7.44. The molecule has 3 aromatic rings. The first-order chi connectivity index (χ1) is 18.9. The van der Waals surface area contributed by atoms with Gasteiger partial charge in [-0.1, -0.05) is 29.9 Å². The van der Waals surface area contributed by atoms with Gasteiger partial charge in [0.05, 0.1) is 30.6 Å². The van der Waals surface area contributed by atoms with Gasteiger partial charge in [0.15, 0.2) is 0 Å². The summed E-state index contributed by atoms with van der Waals surface area (Å²) in [6.07, 6.45) is 3.28. The third-order valence-corrected chi connectivity index (χ3v) is 7.44. The molecule has 1 aliphatic heterocycles. The summed E-state index contributed by atoms with van der Waals surface area (Å²) in [5, 5.41) is 17.0. The lowest BCUT2D eigenvalue weighted by Crippen LogP contribution is -2.45. The summed E-state index contributed by atoms with van der Waals surface area (Å²) in [4.78, 5) is 19.6. The Kier molecular flexibility index (Phi) is 7.55. The zero-order valence-corrected chi connectivity index (χ0v) is 22.6. The number of methoxy groups -OCH3 is 1. The molecule has 9 heteroatoms. The van der Waals surface area contributed by atoms with E-state index in [1.165, 1.54) is 0 Å². The van der Waals surface area contributed by atoms with E-state index in [1.807, 2.05) is 36.9 Å². The van der Waals surface area contributed by atoms with E-state index in [4.69, 9.17) is 14.0 Å². The molecule has 2 aliphatic rings. The zero-order chi connectivity index (χ0) is 27.5. The molecule has 1 N–H and O–H groups in total. The van der Waals surface area contributed by atoms with E-state index < -0.39 is 0 Å². The van der Waals surface area contributed by atoms with Gasteiger partial charge >= 0.3 is 6.03 Å². The average Bonchev–Trinajstić information content (AvgIpc) is 3.60. The highest BCUT2D eigenvalue weighted by Gasteiger charge is 2.31. The van der Waals surface area contributed by atoms with Crippen LogP contribution in [-0.4, -0.2) is 47.4 Å².